The summed E-state index contributed by atoms with van der Waals surface area (Å²) in [6.07, 6.45) is 4.37. The van der Waals surface area contributed by atoms with Gasteiger partial charge in [-0.15, -0.1) is 0 Å². The maximum absolute atomic E-state index is 3.35. The Labute approximate surface area is 140 Å². The Morgan fingerprint density at radius 3 is 2.61 bits per heavy atom. The zero-order chi connectivity index (χ0) is 16.2. The highest BCUT2D eigenvalue weighted by atomic mass is 15.3. The molecule has 0 saturated carbocycles. The van der Waals surface area contributed by atoms with Crippen LogP contribution in [0.5, 0.6) is 0 Å². The third-order valence-corrected chi connectivity index (χ3v) is 4.87. The molecule has 0 amide bonds. The van der Waals surface area contributed by atoms with Crippen LogP contribution < -0.4 is 5.32 Å². The molecule has 2 heterocycles. The number of hydrogen-bond donors (Lipinski definition) is 1. The summed E-state index contributed by atoms with van der Waals surface area (Å²) in [5.74, 6) is 0. The van der Waals surface area contributed by atoms with Crippen LogP contribution in [-0.4, -0.2) is 48.6 Å². The second-order valence-electron chi connectivity index (χ2n) is 7.05. The van der Waals surface area contributed by atoms with Gasteiger partial charge in [0.15, 0.2) is 0 Å². The number of rotatable bonds is 4. The van der Waals surface area contributed by atoms with Crippen LogP contribution >= 0.6 is 0 Å². The molecule has 2 aliphatic rings. The van der Waals surface area contributed by atoms with E-state index >= 15 is 0 Å². The van der Waals surface area contributed by atoms with Crippen LogP contribution in [0.15, 0.2) is 42.1 Å². The Bertz CT molecular complexity index is 593. The molecule has 0 atom stereocenters. The van der Waals surface area contributed by atoms with Gasteiger partial charge in [0, 0.05) is 45.3 Å². The van der Waals surface area contributed by atoms with E-state index in [0.717, 1.165) is 13.1 Å². The van der Waals surface area contributed by atoms with E-state index in [2.05, 4.69) is 72.4 Å². The molecule has 0 aromatic heterocycles. The van der Waals surface area contributed by atoms with E-state index in [4.69, 9.17) is 0 Å². The van der Waals surface area contributed by atoms with Gasteiger partial charge in [0.05, 0.1) is 0 Å². The van der Waals surface area contributed by atoms with Gasteiger partial charge in [0.1, 0.15) is 0 Å². The first-order valence-corrected chi connectivity index (χ1v) is 8.78. The van der Waals surface area contributed by atoms with Crippen LogP contribution in [0, 0.1) is 0 Å². The Kier molecular flexibility index (Phi) is 5.19. The minimum atomic E-state index is 0.669. The van der Waals surface area contributed by atoms with Crippen LogP contribution in [0.3, 0.4) is 0 Å². The molecule has 3 nitrogen and oxygen atoms in total. The Morgan fingerprint density at radius 1 is 1.13 bits per heavy atom. The minimum Gasteiger partial charge on any atom is -0.387 e. The lowest BCUT2D eigenvalue weighted by Crippen LogP contribution is -2.48. The summed E-state index contributed by atoms with van der Waals surface area (Å²) in [5.41, 5.74) is 5.45. The fourth-order valence-electron chi connectivity index (χ4n) is 3.44. The zero-order valence-corrected chi connectivity index (χ0v) is 14.7. The van der Waals surface area contributed by atoms with Crippen molar-refractivity contribution in [3.8, 4) is 0 Å². The van der Waals surface area contributed by atoms with E-state index in [0.29, 0.717) is 6.04 Å². The average Bonchev–Trinajstić information content (AvgIpc) is 2.56. The lowest BCUT2D eigenvalue weighted by Gasteiger charge is -2.37. The van der Waals surface area contributed by atoms with Gasteiger partial charge < -0.3 is 5.32 Å². The third-order valence-electron chi connectivity index (χ3n) is 4.87. The van der Waals surface area contributed by atoms with Crippen LogP contribution in [0.2, 0.25) is 0 Å². The summed E-state index contributed by atoms with van der Waals surface area (Å²) < 4.78 is 0. The number of nitrogens with one attached hydrogen (secondary N) is 1. The van der Waals surface area contributed by atoms with Gasteiger partial charge in [0.2, 0.25) is 0 Å². The van der Waals surface area contributed by atoms with Crippen molar-refractivity contribution < 1.29 is 0 Å². The van der Waals surface area contributed by atoms with Gasteiger partial charge in [-0.1, -0.05) is 30.3 Å². The molecule has 1 aromatic rings. The van der Waals surface area contributed by atoms with Crippen molar-refractivity contribution in [2.24, 2.45) is 0 Å². The van der Waals surface area contributed by atoms with Crippen LogP contribution in [0.1, 0.15) is 31.9 Å². The standard InChI is InChI=1S/C20H29N3/c1-16(2)23-9-7-22(8-10-23)15-18-5-4-6-19(12-18)20-11-17(3)13-21-14-20/h4-6,11-13,16,21H,7-10,14-15H2,1-3H3. The van der Waals surface area contributed by atoms with E-state index in [9.17, 15) is 0 Å². The summed E-state index contributed by atoms with van der Waals surface area (Å²) in [7, 11) is 0. The van der Waals surface area contributed by atoms with Crippen molar-refractivity contribution in [3.05, 3.63) is 53.2 Å². The molecule has 1 aromatic carbocycles. The summed E-state index contributed by atoms with van der Waals surface area (Å²) in [6, 6.07) is 9.72. The van der Waals surface area contributed by atoms with Crippen LogP contribution in [0.4, 0.5) is 0 Å². The van der Waals surface area contributed by atoms with Crippen molar-refractivity contribution in [2.45, 2.75) is 33.4 Å². The first-order valence-electron chi connectivity index (χ1n) is 8.78. The normalized spacial score (nSPS) is 20.2. The molecule has 0 bridgehead atoms. The maximum atomic E-state index is 3.35. The SMILES string of the molecule is CC1=CNCC(c2cccc(CN3CCN(C(C)C)CC3)c2)=C1. The molecular formula is C20H29N3. The van der Waals surface area contributed by atoms with Crippen molar-refractivity contribution in [1.29, 1.82) is 0 Å². The third kappa shape index (κ3) is 4.24. The molecule has 124 valence electrons. The Hall–Kier alpha value is -1.58. The lowest BCUT2D eigenvalue weighted by molar-refractivity contribution is 0.104. The number of dihydropyridines is 1. The number of allylic oxidation sites excluding steroid dienone is 2. The molecule has 0 spiro atoms. The van der Waals surface area contributed by atoms with E-state index in [1.165, 1.54) is 48.5 Å². The van der Waals surface area contributed by atoms with Crippen molar-refractivity contribution >= 4 is 5.57 Å². The number of benzene rings is 1. The molecule has 0 unspecified atom stereocenters. The predicted octanol–water partition coefficient (Wildman–Crippen LogP) is 3.10. The van der Waals surface area contributed by atoms with E-state index in [1.54, 1.807) is 0 Å². The molecule has 1 N–H and O–H groups in total. The highest BCUT2D eigenvalue weighted by molar-refractivity contribution is 5.71. The molecule has 3 heteroatoms. The molecule has 0 radical (unpaired) electrons. The largest absolute Gasteiger partial charge is 0.387 e. The second kappa shape index (κ2) is 7.33. The van der Waals surface area contributed by atoms with Crippen molar-refractivity contribution in [3.63, 3.8) is 0 Å². The maximum Gasteiger partial charge on any atom is 0.0401 e. The van der Waals surface area contributed by atoms with Gasteiger partial charge in [-0.3, -0.25) is 9.80 Å². The number of piperazine rings is 1. The fraction of sp³-hybridized carbons (Fsp3) is 0.500. The van der Waals surface area contributed by atoms with Gasteiger partial charge in [-0.2, -0.15) is 0 Å². The van der Waals surface area contributed by atoms with Crippen LogP contribution in [0.25, 0.3) is 5.57 Å². The first kappa shape index (κ1) is 16.3. The van der Waals surface area contributed by atoms with E-state index in [-0.39, 0.29) is 0 Å². The minimum absolute atomic E-state index is 0.669. The molecule has 1 fully saturated rings. The topological polar surface area (TPSA) is 18.5 Å². The summed E-state index contributed by atoms with van der Waals surface area (Å²) >= 11 is 0. The Morgan fingerprint density at radius 2 is 1.91 bits per heavy atom. The highest BCUT2D eigenvalue weighted by Gasteiger charge is 2.18. The molecular weight excluding hydrogens is 282 g/mol. The van der Waals surface area contributed by atoms with E-state index < -0.39 is 0 Å². The summed E-state index contributed by atoms with van der Waals surface area (Å²) in [5, 5.41) is 3.35. The van der Waals surface area contributed by atoms with Crippen molar-refractivity contribution in [1.82, 2.24) is 15.1 Å². The zero-order valence-electron chi connectivity index (χ0n) is 14.7. The van der Waals surface area contributed by atoms with Gasteiger partial charge in [-0.25, -0.2) is 0 Å². The summed E-state index contributed by atoms with van der Waals surface area (Å²) in [4.78, 5) is 5.15. The highest BCUT2D eigenvalue weighted by Crippen LogP contribution is 2.20. The van der Waals surface area contributed by atoms with Gasteiger partial charge in [-0.05, 0) is 49.2 Å². The first-order chi connectivity index (χ1) is 11.1. The fourth-order valence-corrected chi connectivity index (χ4v) is 3.44. The predicted molar refractivity (Wildman–Crippen MR) is 98.2 cm³/mol. The summed E-state index contributed by atoms with van der Waals surface area (Å²) in [6.45, 7) is 13.5. The van der Waals surface area contributed by atoms with Gasteiger partial charge >= 0.3 is 0 Å². The van der Waals surface area contributed by atoms with Crippen LogP contribution in [-0.2, 0) is 6.54 Å². The smallest absolute Gasteiger partial charge is 0.0401 e. The molecule has 0 aliphatic carbocycles. The molecule has 1 saturated heterocycles. The van der Waals surface area contributed by atoms with Gasteiger partial charge in [0.25, 0.3) is 0 Å². The van der Waals surface area contributed by atoms with Crippen molar-refractivity contribution in [2.75, 3.05) is 32.7 Å². The number of nitrogens with zero attached hydrogens (tertiary/aromatic N) is 2. The van der Waals surface area contributed by atoms with E-state index in [1.807, 2.05) is 0 Å². The molecule has 23 heavy (non-hydrogen) atoms. The molecule has 2 aliphatic heterocycles. The average molecular weight is 311 g/mol. The second-order valence-corrected chi connectivity index (χ2v) is 7.05. The monoisotopic (exact) mass is 311 g/mol. The lowest BCUT2D eigenvalue weighted by atomic mass is 9.99. The Balaban J connectivity index is 1.64. The number of hydrogen-bond acceptors (Lipinski definition) is 3. The molecule has 3 rings (SSSR count). The quantitative estimate of drug-likeness (QED) is 0.922.